The Labute approximate surface area is 100 Å². The van der Waals surface area contributed by atoms with Crippen LogP contribution in [-0.4, -0.2) is 6.61 Å². The zero-order valence-electron chi connectivity index (χ0n) is 8.40. The fourth-order valence-corrected chi connectivity index (χ4v) is 1.64. The van der Waals surface area contributed by atoms with E-state index in [2.05, 4.69) is 22.5 Å². The van der Waals surface area contributed by atoms with Gasteiger partial charge in [0.15, 0.2) is 0 Å². The van der Waals surface area contributed by atoms with E-state index in [1.807, 2.05) is 12.1 Å². The number of hydrogen-bond donors (Lipinski definition) is 0. The largest absolute Gasteiger partial charge is 0.489 e. The summed E-state index contributed by atoms with van der Waals surface area (Å²) in [6.07, 6.45) is 1.65. The molecule has 0 radical (unpaired) electrons. The second kappa shape index (κ2) is 4.53. The summed E-state index contributed by atoms with van der Waals surface area (Å²) < 4.78 is 10.9. The molecule has 2 aromatic rings. The second-order valence-corrected chi connectivity index (χ2v) is 4.04. The van der Waals surface area contributed by atoms with Crippen molar-refractivity contribution < 1.29 is 9.15 Å². The van der Waals surface area contributed by atoms with Crippen molar-refractivity contribution in [1.29, 1.82) is 0 Å². The van der Waals surface area contributed by atoms with Crippen LogP contribution in [0.1, 0.15) is 0 Å². The molecule has 0 spiro atoms. The molecule has 0 aliphatic rings. The molecule has 0 unspecified atom stereocenters. The van der Waals surface area contributed by atoms with E-state index in [1.54, 1.807) is 18.2 Å². The minimum atomic E-state index is -0.395. The van der Waals surface area contributed by atoms with Gasteiger partial charge in [0.25, 0.3) is 0 Å². The van der Waals surface area contributed by atoms with Crippen LogP contribution in [0.15, 0.2) is 50.6 Å². The average molecular weight is 281 g/mol. The maximum Gasteiger partial charge on any atom is 0.350 e. The van der Waals surface area contributed by atoms with Crippen LogP contribution in [0.25, 0.3) is 11.0 Å². The monoisotopic (exact) mass is 280 g/mol. The summed E-state index contributed by atoms with van der Waals surface area (Å²) in [5, 5.41) is 0.845. The molecule has 4 heteroatoms. The van der Waals surface area contributed by atoms with E-state index < -0.39 is 5.63 Å². The molecular formula is C12H9BrO3. The molecule has 0 fully saturated rings. The molecule has 1 aromatic carbocycles. The smallest absolute Gasteiger partial charge is 0.350 e. The van der Waals surface area contributed by atoms with Crippen LogP contribution in [0.2, 0.25) is 0 Å². The second-order valence-electron chi connectivity index (χ2n) is 3.18. The van der Waals surface area contributed by atoms with Gasteiger partial charge in [-0.3, -0.25) is 0 Å². The first kappa shape index (κ1) is 11.0. The lowest BCUT2D eigenvalue weighted by atomic mass is 10.2. The number of rotatable bonds is 3. The van der Waals surface area contributed by atoms with Crippen LogP contribution in [0.3, 0.4) is 0 Å². The SMILES string of the molecule is C=CCOc1ccc2cc(Br)c(=O)oc2c1. The Morgan fingerprint density at radius 2 is 2.25 bits per heavy atom. The molecule has 0 saturated carbocycles. The molecule has 16 heavy (non-hydrogen) atoms. The molecule has 1 heterocycles. The minimum Gasteiger partial charge on any atom is -0.489 e. The van der Waals surface area contributed by atoms with Gasteiger partial charge in [-0.25, -0.2) is 4.79 Å². The summed E-state index contributed by atoms with van der Waals surface area (Å²) in [6, 6.07) is 7.06. The number of hydrogen-bond acceptors (Lipinski definition) is 3. The van der Waals surface area contributed by atoms with Gasteiger partial charge >= 0.3 is 5.63 Å². The van der Waals surface area contributed by atoms with E-state index in [9.17, 15) is 4.79 Å². The van der Waals surface area contributed by atoms with Gasteiger partial charge in [0.2, 0.25) is 0 Å². The van der Waals surface area contributed by atoms with Gasteiger partial charge in [-0.2, -0.15) is 0 Å². The molecule has 0 aliphatic heterocycles. The standard InChI is InChI=1S/C12H9BrO3/c1-2-5-15-9-4-3-8-6-10(13)12(14)16-11(8)7-9/h2-4,6-7H,1,5H2. The van der Waals surface area contributed by atoms with Gasteiger partial charge in [0, 0.05) is 11.5 Å². The average Bonchev–Trinajstić information content (AvgIpc) is 2.28. The number of halogens is 1. The van der Waals surface area contributed by atoms with Crippen molar-refractivity contribution in [3.05, 3.63) is 51.8 Å². The highest BCUT2D eigenvalue weighted by molar-refractivity contribution is 9.10. The van der Waals surface area contributed by atoms with Crippen LogP contribution in [0.4, 0.5) is 0 Å². The molecule has 82 valence electrons. The predicted octanol–water partition coefficient (Wildman–Crippen LogP) is 3.12. The maximum absolute atomic E-state index is 11.3. The third-order valence-corrected chi connectivity index (χ3v) is 2.59. The van der Waals surface area contributed by atoms with Gasteiger partial charge in [0.05, 0.1) is 0 Å². The van der Waals surface area contributed by atoms with Crippen LogP contribution in [0.5, 0.6) is 5.75 Å². The van der Waals surface area contributed by atoms with E-state index in [4.69, 9.17) is 9.15 Å². The van der Waals surface area contributed by atoms with Gasteiger partial charge in [-0.15, -0.1) is 0 Å². The topological polar surface area (TPSA) is 39.4 Å². The van der Waals surface area contributed by atoms with Crippen molar-refractivity contribution in [1.82, 2.24) is 0 Å². The molecule has 0 saturated heterocycles. The van der Waals surface area contributed by atoms with Crippen molar-refractivity contribution in [2.24, 2.45) is 0 Å². The van der Waals surface area contributed by atoms with E-state index in [-0.39, 0.29) is 0 Å². The first-order chi connectivity index (χ1) is 7.70. The van der Waals surface area contributed by atoms with E-state index >= 15 is 0 Å². The van der Waals surface area contributed by atoms with Crippen molar-refractivity contribution >= 4 is 26.9 Å². The molecule has 0 amide bonds. The molecule has 2 rings (SSSR count). The van der Waals surface area contributed by atoms with Crippen molar-refractivity contribution in [2.45, 2.75) is 0 Å². The van der Waals surface area contributed by atoms with Gasteiger partial charge in [0.1, 0.15) is 22.4 Å². The summed E-state index contributed by atoms with van der Waals surface area (Å²) in [4.78, 5) is 11.3. The predicted molar refractivity (Wildman–Crippen MR) is 65.9 cm³/mol. The number of ether oxygens (including phenoxy) is 1. The summed E-state index contributed by atoms with van der Waals surface area (Å²) in [7, 11) is 0. The van der Waals surface area contributed by atoms with E-state index in [0.29, 0.717) is 22.4 Å². The first-order valence-corrected chi connectivity index (χ1v) is 5.47. The minimum absolute atomic E-state index is 0.395. The lowest BCUT2D eigenvalue weighted by Gasteiger charge is -2.03. The molecule has 0 aliphatic carbocycles. The third-order valence-electron chi connectivity index (χ3n) is 2.03. The van der Waals surface area contributed by atoms with Crippen LogP contribution < -0.4 is 10.4 Å². The Balaban J connectivity index is 2.49. The third kappa shape index (κ3) is 2.17. The summed E-state index contributed by atoms with van der Waals surface area (Å²) in [5.41, 5.74) is 0.114. The van der Waals surface area contributed by atoms with Crippen LogP contribution in [-0.2, 0) is 0 Å². The normalized spacial score (nSPS) is 10.3. The molecule has 0 N–H and O–H groups in total. The quantitative estimate of drug-likeness (QED) is 0.641. The zero-order chi connectivity index (χ0) is 11.5. The van der Waals surface area contributed by atoms with Gasteiger partial charge < -0.3 is 9.15 Å². The highest BCUT2D eigenvalue weighted by Crippen LogP contribution is 2.21. The summed E-state index contributed by atoms with van der Waals surface area (Å²) in [5.74, 6) is 0.651. The van der Waals surface area contributed by atoms with Gasteiger partial charge in [-0.1, -0.05) is 12.7 Å². The molecule has 0 atom stereocenters. The van der Waals surface area contributed by atoms with E-state index in [0.717, 1.165) is 5.39 Å². The summed E-state index contributed by atoms with van der Waals surface area (Å²) in [6.45, 7) is 3.98. The molecule has 3 nitrogen and oxygen atoms in total. The van der Waals surface area contributed by atoms with Crippen molar-refractivity contribution in [2.75, 3.05) is 6.61 Å². The fraction of sp³-hybridized carbons (Fsp3) is 0.0833. The lowest BCUT2D eigenvalue weighted by Crippen LogP contribution is -1.99. The highest BCUT2D eigenvalue weighted by Gasteiger charge is 2.03. The Morgan fingerprint density at radius 1 is 1.44 bits per heavy atom. The first-order valence-electron chi connectivity index (χ1n) is 4.68. The molecule has 1 aromatic heterocycles. The van der Waals surface area contributed by atoms with Crippen LogP contribution in [0, 0.1) is 0 Å². The zero-order valence-corrected chi connectivity index (χ0v) is 9.99. The maximum atomic E-state index is 11.3. The number of fused-ring (bicyclic) bond motifs is 1. The summed E-state index contributed by atoms with van der Waals surface area (Å²) >= 11 is 3.13. The van der Waals surface area contributed by atoms with Crippen molar-refractivity contribution in [3.8, 4) is 5.75 Å². The Kier molecular flexibility index (Phi) is 3.10. The van der Waals surface area contributed by atoms with Crippen molar-refractivity contribution in [3.63, 3.8) is 0 Å². The molecular weight excluding hydrogens is 272 g/mol. The Hall–Kier alpha value is -1.55. The lowest BCUT2D eigenvalue weighted by molar-refractivity contribution is 0.363. The molecule has 0 bridgehead atoms. The Bertz CT molecular complexity index is 586. The Morgan fingerprint density at radius 3 is 3.00 bits per heavy atom. The van der Waals surface area contributed by atoms with Crippen LogP contribution >= 0.6 is 15.9 Å². The fourth-order valence-electron chi connectivity index (χ4n) is 1.31. The van der Waals surface area contributed by atoms with Gasteiger partial charge in [-0.05, 0) is 34.1 Å². The highest BCUT2D eigenvalue weighted by atomic mass is 79.9. The number of benzene rings is 1. The van der Waals surface area contributed by atoms with E-state index in [1.165, 1.54) is 0 Å².